The fourth-order valence-electron chi connectivity index (χ4n) is 5.78. The molecule has 1 N–H and O–H groups in total. The van der Waals surface area contributed by atoms with Crippen LogP contribution < -0.4 is 5.32 Å². The Balaban J connectivity index is 1.55. The number of thiophene rings is 1. The first-order valence-corrected chi connectivity index (χ1v) is 13.3. The summed E-state index contributed by atoms with van der Waals surface area (Å²) in [5.74, 6) is 0. The van der Waals surface area contributed by atoms with E-state index in [-0.39, 0.29) is 5.41 Å². The first-order chi connectivity index (χ1) is 17.6. The third kappa shape index (κ3) is 3.06. The van der Waals surface area contributed by atoms with Crippen LogP contribution >= 0.6 is 11.3 Å². The van der Waals surface area contributed by atoms with Crippen LogP contribution in [0.5, 0.6) is 0 Å². The van der Waals surface area contributed by atoms with Gasteiger partial charge in [0, 0.05) is 43.3 Å². The first kappa shape index (κ1) is 21.3. The third-order valence-electron chi connectivity index (χ3n) is 7.47. The van der Waals surface area contributed by atoms with Crippen LogP contribution in [0.2, 0.25) is 0 Å². The van der Waals surface area contributed by atoms with Gasteiger partial charge in [-0.3, -0.25) is 4.99 Å². The molecule has 0 atom stereocenters. The van der Waals surface area contributed by atoms with Gasteiger partial charge in [-0.2, -0.15) is 0 Å². The van der Waals surface area contributed by atoms with E-state index in [0.29, 0.717) is 0 Å². The van der Waals surface area contributed by atoms with E-state index in [2.05, 4.69) is 116 Å². The number of hydrogen-bond acceptors (Lipinski definition) is 3. The van der Waals surface area contributed by atoms with Crippen LogP contribution in [0.1, 0.15) is 24.3 Å². The fourth-order valence-corrected chi connectivity index (χ4v) is 7.23. The van der Waals surface area contributed by atoms with Crippen LogP contribution in [0.25, 0.3) is 49.2 Å². The molecule has 174 valence electrons. The van der Waals surface area contributed by atoms with Crippen LogP contribution in [-0.4, -0.2) is 12.8 Å². The Morgan fingerprint density at radius 3 is 2.17 bits per heavy atom. The van der Waals surface area contributed by atoms with Crippen molar-refractivity contribution < 1.29 is 0 Å². The van der Waals surface area contributed by atoms with E-state index >= 15 is 0 Å². The second kappa shape index (κ2) is 8.04. The Hall–Kier alpha value is -3.95. The number of aliphatic imine (C=N–C) groups is 1. The summed E-state index contributed by atoms with van der Waals surface area (Å²) in [6.07, 6.45) is 2.00. The van der Waals surface area contributed by atoms with Crippen LogP contribution in [0, 0.1) is 0 Å². The summed E-state index contributed by atoms with van der Waals surface area (Å²) < 4.78 is 1.34. The van der Waals surface area contributed by atoms with Gasteiger partial charge in [0.2, 0.25) is 0 Å². The van der Waals surface area contributed by atoms with Gasteiger partial charge in [0.05, 0.1) is 17.9 Å². The molecule has 2 heterocycles. The zero-order valence-corrected chi connectivity index (χ0v) is 21.2. The van der Waals surface area contributed by atoms with Crippen molar-refractivity contribution in [3.8, 4) is 33.4 Å². The van der Waals surface area contributed by atoms with Crippen molar-refractivity contribution in [2.75, 3.05) is 6.54 Å². The van der Waals surface area contributed by atoms with Gasteiger partial charge in [-0.25, -0.2) is 0 Å². The summed E-state index contributed by atoms with van der Waals surface area (Å²) in [5.41, 5.74) is 11.0. The molecule has 5 aromatic rings. The average Bonchev–Trinajstić information content (AvgIpc) is 3.31. The SMILES string of the molecule is CC1(C)C2=C(NCC=N2)c2ccccc2-c2c1sc1c(-c3ccccc3-c3ccccc3)cccc21. The molecule has 0 saturated carbocycles. The Labute approximate surface area is 215 Å². The van der Waals surface area contributed by atoms with E-state index in [1.807, 2.05) is 17.6 Å². The summed E-state index contributed by atoms with van der Waals surface area (Å²) in [4.78, 5) is 6.34. The Kier molecular flexibility index (Phi) is 4.77. The fraction of sp³-hybridized carbons (Fsp3) is 0.121. The van der Waals surface area contributed by atoms with E-state index in [4.69, 9.17) is 4.99 Å². The van der Waals surface area contributed by atoms with Crippen molar-refractivity contribution in [1.82, 2.24) is 5.32 Å². The predicted molar refractivity (Wildman–Crippen MR) is 155 cm³/mol. The maximum Gasteiger partial charge on any atom is 0.0746 e. The summed E-state index contributed by atoms with van der Waals surface area (Å²) in [6, 6.07) is 35.1. The van der Waals surface area contributed by atoms with Crippen molar-refractivity contribution in [2.45, 2.75) is 19.3 Å². The molecule has 36 heavy (non-hydrogen) atoms. The molecule has 4 aromatic carbocycles. The van der Waals surface area contributed by atoms with Crippen molar-refractivity contribution >= 4 is 33.3 Å². The lowest BCUT2D eigenvalue weighted by molar-refractivity contribution is 0.628. The smallest absolute Gasteiger partial charge is 0.0746 e. The van der Waals surface area contributed by atoms with Gasteiger partial charge >= 0.3 is 0 Å². The zero-order valence-electron chi connectivity index (χ0n) is 20.4. The molecule has 1 aliphatic carbocycles. The highest BCUT2D eigenvalue weighted by Gasteiger charge is 2.38. The molecule has 0 bridgehead atoms. The van der Waals surface area contributed by atoms with Gasteiger partial charge in [-0.1, -0.05) is 97.1 Å². The monoisotopic (exact) mass is 482 g/mol. The molecule has 0 spiro atoms. The van der Waals surface area contributed by atoms with Gasteiger partial charge in [-0.15, -0.1) is 11.3 Å². The van der Waals surface area contributed by atoms with E-state index in [9.17, 15) is 0 Å². The van der Waals surface area contributed by atoms with Crippen LogP contribution in [0.15, 0.2) is 108 Å². The maximum absolute atomic E-state index is 4.97. The maximum atomic E-state index is 4.97. The van der Waals surface area contributed by atoms with E-state index in [1.165, 1.54) is 59.6 Å². The highest BCUT2D eigenvalue weighted by Crippen LogP contribution is 2.54. The molecule has 2 aliphatic rings. The summed E-state index contributed by atoms with van der Waals surface area (Å²) in [6.45, 7) is 5.41. The number of benzene rings is 4. The molecule has 3 heteroatoms. The molecule has 2 nitrogen and oxygen atoms in total. The van der Waals surface area contributed by atoms with Gasteiger partial charge in [0.25, 0.3) is 0 Å². The number of hydrogen-bond donors (Lipinski definition) is 1. The zero-order chi connectivity index (χ0) is 24.3. The van der Waals surface area contributed by atoms with Crippen molar-refractivity contribution in [1.29, 1.82) is 0 Å². The Morgan fingerprint density at radius 1 is 0.694 bits per heavy atom. The number of nitrogens with one attached hydrogen (secondary N) is 1. The first-order valence-electron chi connectivity index (χ1n) is 12.5. The van der Waals surface area contributed by atoms with E-state index < -0.39 is 0 Å². The lowest BCUT2D eigenvalue weighted by Gasteiger charge is -2.28. The Bertz CT molecular complexity index is 1700. The second-order valence-electron chi connectivity index (χ2n) is 9.99. The van der Waals surface area contributed by atoms with Gasteiger partial charge in [0.1, 0.15) is 0 Å². The lowest BCUT2D eigenvalue weighted by atomic mass is 9.84. The summed E-state index contributed by atoms with van der Waals surface area (Å²) in [7, 11) is 0. The number of rotatable bonds is 2. The molecular weight excluding hydrogens is 456 g/mol. The van der Waals surface area contributed by atoms with Crippen molar-refractivity contribution in [3.05, 3.63) is 113 Å². The third-order valence-corrected chi connectivity index (χ3v) is 9.03. The second-order valence-corrected chi connectivity index (χ2v) is 11.0. The van der Waals surface area contributed by atoms with Crippen molar-refractivity contribution in [3.63, 3.8) is 0 Å². The molecule has 0 unspecified atom stereocenters. The average molecular weight is 483 g/mol. The predicted octanol–water partition coefficient (Wildman–Crippen LogP) is 8.54. The molecule has 0 amide bonds. The number of allylic oxidation sites excluding steroid dienone is 1. The Morgan fingerprint density at radius 2 is 1.36 bits per heavy atom. The van der Waals surface area contributed by atoms with Gasteiger partial charge in [0.15, 0.2) is 0 Å². The highest BCUT2D eigenvalue weighted by molar-refractivity contribution is 7.20. The summed E-state index contributed by atoms with van der Waals surface area (Å²) in [5, 5.41) is 4.96. The molecule has 0 fully saturated rings. The highest BCUT2D eigenvalue weighted by atomic mass is 32.1. The van der Waals surface area contributed by atoms with Gasteiger partial charge in [-0.05, 0) is 36.1 Å². The van der Waals surface area contributed by atoms with Crippen LogP contribution in [0.3, 0.4) is 0 Å². The normalized spacial score (nSPS) is 15.6. The number of fused-ring (bicyclic) bond motifs is 6. The minimum Gasteiger partial charge on any atom is -0.378 e. The molecule has 7 rings (SSSR count). The molecule has 0 saturated heterocycles. The molecule has 1 aliphatic heterocycles. The minimum atomic E-state index is -0.229. The van der Waals surface area contributed by atoms with E-state index in [1.54, 1.807) is 0 Å². The van der Waals surface area contributed by atoms with Crippen molar-refractivity contribution in [2.24, 2.45) is 4.99 Å². The molecule has 1 aromatic heterocycles. The largest absolute Gasteiger partial charge is 0.378 e. The van der Waals surface area contributed by atoms with Crippen LogP contribution in [0.4, 0.5) is 0 Å². The number of nitrogens with zero attached hydrogens (tertiary/aromatic N) is 1. The quantitative estimate of drug-likeness (QED) is 0.268. The lowest BCUT2D eigenvalue weighted by Crippen LogP contribution is -2.27. The molecular formula is C33H26N2S. The summed E-state index contributed by atoms with van der Waals surface area (Å²) >= 11 is 1.93. The standard InChI is InChI=1S/C33H26N2S/c1-33(2)31-29(34-19-20-35-31)25-16-9-8-15-24(25)28-27-18-10-17-26(30(27)36-32(28)33)23-14-7-6-13-22(23)21-11-4-3-5-12-21/h3-18,20,34H,19H2,1-2H3. The minimum absolute atomic E-state index is 0.229. The topological polar surface area (TPSA) is 24.4 Å². The molecule has 0 radical (unpaired) electrons. The van der Waals surface area contributed by atoms with Crippen LogP contribution in [-0.2, 0) is 5.41 Å². The van der Waals surface area contributed by atoms with E-state index in [0.717, 1.165) is 12.2 Å². The van der Waals surface area contributed by atoms with Gasteiger partial charge < -0.3 is 5.32 Å².